The van der Waals surface area contributed by atoms with Crippen LogP contribution in [0.1, 0.15) is 24.9 Å². The number of rotatable bonds is 5. The summed E-state index contributed by atoms with van der Waals surface area (Å²) in [5.41, 5.74) is 3.28. The van der Waals surface area contributed by atoms with Gasteiger partial charge in [-0.1, -0.05) is 54.6 Å². The third kappa shape index (κ3) is 3.42. The molecule has 4 heteroatoms. The van der Waals surface area contributed by atoms with Crippen LogP contribution in [-0.4, -0.2) is 17.0 Å². The fourth-order valence-electron chi connectivity index (χ4n) is 2.76. The quantitative estimate of drug-likeness (QED) is 0.891. The van der Waals surface area contributed by atoms with Gasteiger partial charge in [-0.15, -0.1) is 0 Å². The number of carboxylic acid groups (broad SMARTS) is 1. The van der Waals surface area contributed by atoms with Crippen LogP contribution < -0.4 is 5.32 Å². The summed E-state index contributed by atoms with van der Waals surface area (Å²) < 4.78 is 0. The fourth-order valence-corrected chi connectivity index (χ4v) is 2.76. The first-order valence-corrected chi connectivity index (χ1v) is 7.75. The normalized spacial score (nSPS) is 20.6. The molecule has 118 valence electrons. The predicted octanol–water partition coefficient (Wildman–Crippen LogP) is 3.25. The number of hydrogen-bond donors (Lipinski definition) is 2. The van der Waals surface area contributed by atoms with Crippen molar-refractivity contribution in [1.29, 1.82) is 0 Å². The molecule has 4 nitrogen and oxygen atoms in total. The highest BCUT2D eigenvalue weighted by atomic mass is 16.4. The van der Waals surface area contributed by atoms with Gasteiger partial charge in [0.2, 0.25) is 5.91 Å². The van der Waals surface area contributed by atoms with E-state index in [1.165, 1.54) is 0 Å². The number of amides is 1. The minimum Gasteiger partial charge on any atom is -0.481 e. The van der Waals surface area contributed by atoms with Gasteiger partial charge in [0.05, 0.1) is 17.9 Å². The second-order valence-corrected chi connectivity index (χ2v) is 6.01. The zero-order chi connectivity index (χ0) is 16.4. The van der Waals surface area contributed by atoms with E-state index in [1.54, 1.807) is 0 Å². The first kappa shape index (κ1) is 15.3. The van der Waals surface area contributed by atoms with Crippen LogP contribution in [0.15, 0.2) is 54.6 Å². The van der Waals surface area contributed by atoms with Crippen molar-refractivity contribution in [2.24, 2.45) is 11.8 Å². The summed E-state index contributed by atoms with van der Waals surface area (Å²) in [5.74, 6) is -1.94. The van der Waals surface area contributed by atoms with Gasteiger partial charge < -0.3 is 10.4 Å². The minimum absolute atomic E-state index is 0.137. The van der Waals surface area contributed by atoms with E-state index in [-0.39, 0.29) is 17.9 Å². The average molecular weight is 309 g/mol. The standard InChI is InChI=1S/C19H19NO3/c1-12(20-18(21)16-11-17(16)19(22)23)13-7-9-15(10-8-13)14-5-3-2-4-6-14/h2-10,12,16-17H,11H2,1H3,(H,20,21)(H,22,23). The Morgan fingerprint density at radius 1 is 1.00 bits per heavy atom. The highest BCUT2D eigenvalue weighted by molar-refractivity contribution is 5.89. The lowest BCUT2D eigenvalue weighted by Crippen LogP contribution is -2.29. The van der Waals surface area contributed by atoms with E-state index in [2.05, 4.69) is 17.4 Å². The number of hydrogen-bond acceptors (Lipinski definition) is 2. The van der Waals surface area contributed by atoms with Crippen molar-refractivity contribution >= 4 is 11.9 Å². The van der Waals surface area contributed by atoms with E-state index in [1.807, 2.05) is 49.4 Å². The van der Waals surface area contributed by atoms with Crippen LogP contribution in [0.5, 0.6) is 0 Å². The van der Waals surface area contributed by atoms with Gasteiger partial charge in [-0.25, -0.2) is 0 Å². The van der Waals surface area contributed by atoms with Gasteiger partial charge in [0.25, 0.3) is 0 Å². The number of benzene rings is 2. The van der Waals surface area contributed by atoms with Crippen LogP contribution >= 0.6 is 0 Å². The molecule has 0 spiro atoms. The topological polar surface area (TPSA) is 66.4 Å². The third-order valence-corrected chi connectivity index (χ3v) is 4.32. The maximum absolute atomic E-state index is 12.0. The van der Waals surface area contributed by atoms with E-state index < -0.39 is 11.9 Å². The maximum Gasteiger partial charge on any atom is 0.307 e. The Hall–Kier alpha value is -2.62. The molecule has 0 heterocycles. The van der Waals surface area contributed by atoms with E-state index >= 15 is 0 Å². The molecule has 0 aromatic heterocycles. The molecule has 1 aliphatic rings. The van der Waals surface area contributed by atoms with Gasteiger partial charge in [0, 0.05) is 0 Å². The summed E-state index contributed by atoms with van der Waals surface area (Å²) in [6.07, 6.45) is 0.445. The van der Waals surface area contributed by atoms with Crippen molar-refractivity contribution in [3.05, 3.63) is 60.2 Å². The summed E-state index contributed by atoms with van der Waals surface area (Å²) in [5, 5.41) is 11.8. The Morgan fingerprint density at radius 3 is 2.17 bits per heavy atom. The Balaban J connectivity index is 1.63. The van der Waals surface area contributed by atoms with E-state index in [0.29, 0.717) is 6.42 Å². The van der Waals surface area contributed by atoms with Gasteiger partial charge >= 0.3 is 5.97 Å². The van der Waals surface area contributed by atoms with E-state index in [4.69, 9.17) is 5.11 Å². The molecule has 2 aromatic rings. The number of aliphatic carboxylic acids is 1. The molecule has 1 saturated carbocycles. The number of carboxylic acids is 1. The first-order valence-electron chi connectivity index (χ1n) is 7.75. The van der Waals surface area contributed by atoms with Crippen molar-refractivity contribution < 1.29 is 14.7 Å². The lowest BCUT2D eigenvalue weighted by molar-refractivity contribution is -0.140. The molecule has 2 N–H and O–H groups in total. The lowest BCUT2D eigenvalue weighted by atomic mass is 10.0. The van der Waals surface area contributed by atoms with E-state index in [9.17, 15) is 9.59 Å². The van der Waals surface area contributed by atoms with Crippen molar-refractivity contribution in [2.45, 2.75) is 19.4 Å². The van der Waals surface area contributed by atoms with Crippen molar-refractivity contribution in [1.82, 2.24) is 5.32 Å². The van der Waals surface area contributed by atoms with Gasteiger partial charge in [0.1, 0.15) is 0 Å². The fraction of sp³-hybridized carbons (Fsp3) is 0.263. The van der Waals surface area contributed by atoms with Gasteiger partial charge in [-0.05, 0) is 30.0 Å². The third-order valence-electron chi connectivity index (χ3n) is 4.32. The molecular formula is C19H19NO3. The molecule has 1 amide bonds. The summed E-state index contributed by atoms with van der Waals surface area (Å²) in [4.78, 5) is 22.8. The SMILES string of the molecule is CC(NC(=O)C1CC1C(=O)O)c1ccc(-c2ccccc2)cc1. The molecule has 1 aliphatic carbocycles. The van der Waals surface area contributed by atoms with Crippen LogP contribution in [0.2, 0.25) is 0 Å². The van der Waals surface area contributed by atoms with Gasteiger partial charge in [-0.3, -0.25) is 9.59 Å². The molecule has 0 bridgehead atoms. The highest BCUT2D eigenvalue weighted by Gasteiger charge is 2.48. The molecule has 3 rings (SSSR count). The Kier molecular flexibility index (Phi) is 4.15. The predicted molar refractivity (Wildman–Crippen MR) is 87.7 cm³/mol. The zero-order valence-corrected chi connectivity index (χ0v) is 12.9. The second-order valence-electron chi connectivity index (χ2n) is 6.01. The molecule has 0 radical (unpaired) electrons. The number of nitrogens with one attached hydrogen (secondary N) is 1. The van der Waals surface area contributed by atoms with Crippen LogP contribution in [0, 0.1) is 11.8 Å². The smallest absolute Gasteiger partial charge is 0.307 e. The molecule has 3 unspecified atom stereocenters. The molecule has 1 fully saturated rings. The van der Waals surface area contributed by atoms with Crippen molar-refractivity contribution in [3.8, 4) is 11.1 Å². The Bertz CT molecular complexity index is 709. The molecular weight excluding hydrogens is 290 g/mol. The largest absolute Gasteiger partial charge is 0.481 e. The summed E-state index contributed by atoms with van der Waals surface area (Å²) in [6.45, 7) is 1.91. The zero-order valence-electron chi connectivity index (χ0n) is 12.9. The molecule has 3 atom stereocenters. The Morgan fingerprint density at radius 2 is 1.61 bits per heavy atom. The average Bonchev–Trinajstić information content (AvgIpc) is 3.37. The summed E-state index contributed by atoms with van der Waals surface area (Å²) in [6, 6.07) is 18.0. The summed E-state index contributed by atoms with van der Waals surface area (Å²) >= 11 is 0. The number of carbonyl (C=O) groups excluding carboxylic acids is 1. The minimum atomic E-state index is -0.884. The van der Waals surface area contributed by atoms with Crippen LogP contribution in [-0.2, 0) is 9.59 Å². The Labute approximate surface area is 135 Å². The molecule has 2 aromatic carbocycles. The van der Waals surface area contributed by atoms with Crippen LogP contribution in [0.4, 0.5) is 0 Å². The lowest BCUT2D eigenvalue weighted by Gasteiger charge is -2.15. The molecule has 23 heavy (non-hydrogen) atoms. The van der Waals surface area contributed by atoms with Crippen LogP contribution in [0.3, 0.4) is 0 Å². The van der Waals surface area contributed by atoms with Crippen molar-refractivity contribution in [3.63, 3.8) is 0 Å². The molecule has 0 aliphatic heterocycles. The highest BCUT2D eigenvalue weighted by Crippen LogP contribution is 2.39. The van der Waals surface area contributed by atoms with Crippen LogP contribution in [0.25, 0.3) is 11.1 Å². The van der Waals surface area contributed by atoms with Gasteiger partial charge in [0.15, 0.2) is 0 Å². The summed E-state index contributed by atoms with van der Waals surface area (Å²) in [7, 11) is 0. The molecule has 0 saturated heterocycles. The van der Waals surface area contributed by atoms with E-state index in [0.717, 1.165) is 16.7 Å². The first-order chi connectivity index (χ1) is 11.1. The second kappa shape index (κ2) is 6.24. The van der Waals surface area contributed by atoms with Gasteiger partial charge in [-0.2, -0.15) is 0 Å². The maximum atomic E-state index is 12.0. The number of carbonyl (C=O) groups is 2. The monoisotopic (exact) mass is 309 g/mol. The van der Waals surface area contributed by atoms with Crippen molar-refractivity contribution in [2.75, 3.05) is 0 Å².